The second-order valence-corrected chi connectivity index (χ2v) is 6.27. The van der Waals surface area contributed by atoms with Crippen molar-refractivity contribution in [1.29, 1.82) is 5.41 Å². The number of aliphatic hydroxyl groups excluding tert-OH is 2. The van der Waals surface area contributed by atoms with E-state index in [0.29, 0.717) is 11.3 Å². The summed E-state index contributed by atoms with van der Waals surface area (Å²) in [5, 5.41) is 32.2. The molecule has 8 heteroatoms. The van der Waals surface area contributed by atoms with Gasteiger partial charge in [0, 0.05) is 18.8 Å². The Morgan fingerprint density at radius 1 is 1.30 bits per heavy atom. The number of likely N-dealkylation sites (N-methyl/N-ethyl adjacent to an activating group) is 1. The molecular weight excluding hydrogens is 348 g/mol. The molecule has 1 heterocycles. The van der Waals surface area contributed by atoms with Gasteiger partial charge in [0.15, 0.2) is 0 Å². The van der Waals surface area contributed by atoms with Crippen molar-refractivity contribution in [3.05, 3.63) is 65.3 Å². The quantitative estimate of drug-likeness (QED) is 0.421. The van der Waals surface area contributed by atoms with Gasteiger partial charge in [-0.15, -0.1) is 0 Å². The summed E-state index contributed by atoms with van der Waals surface area (Å²) >= 11 is 0. The fourth-order valence-corrected chi connectivity index (χ4v) is 2.30. The van der Waals surface area contributed by atoms with Crippen LogP contribution in [0.25, 0.3) is 0 Å². The fraction of sp³-hybridized carbons (Fsp3) is 0.316. The highest BCUT2D eigenvalue weighted by atomic mass is 16.5. The molecule has 2 rings (SSSR count). The van der Waals surface area contributed by atoms with Crippen LogP contribution in [0.2, 0.25) is 0 Å². The number of allylic oxidation sites excluding steroid dienone is 4. The van der Waals surface area contributed by atoms with Crippen LogP contribution in [-0.2, 0) is 16.1 Å². The number of nitrogens with zero attached hydrogens (tertiary/aromatic N) is 1. The van der Waals surface area contributed by atoms with E-state index < -0.39 is 24.7 Å². The van der Waals surface area contributed by atoms with Gasteiger partial charge in [-0.3, -0.25) is 9.78 Å². The second kappa shape index (κ2) is 9.11. The third-order valence-electron chi connectivity index (χ3n) is 3.96. The SMILES string of the molecule is CN/C(C(=O)NC(C)(CO)CO)=C1/C=C(OCc2ccccn2)C=CC1=N. The van der Waals surface area contributed by atoms with Crippen LogP contribution in [0.4, 0.5) is 0 Å². The average Bonchev–Trinajstić information content (AvgIpc) is 2.69. The van der Waals surface area contributed by atoms with Gasteiger partial charge < -0.3 is 31.0 Å². The number of hydrogen-bond acceptors (Lipinski definition) is 7. The summed E-state index contributed by atoms with van der Waals surface area (Å²) in [4.78, 5) is 16.8. The molecule has 1 amide bonds. The lowest BCUT2D eigenvalue weighted by atomic mass is 10.00. The van der Waals surface area contributed by atoms with Crippen LogP contribution in [0, 0.1) is 5.41 Å². The van der Waals surface area contributed by atoms with Crippen molar-refractivity contribution >= 4 is 11.6 Å². The van der Waals surface area contributed by atoms with E-state index >= 15 is 0 Å². The van der Waals surface area contributed by atoms with Gasteiger partial charge in [0.25, 0.3) is 5.91 Å². The van der Waals surface area contributed by atoms with Crippen LogP contribution in [0.3, 0.4) is 0 Å². The van der Waals surface area contributed by atoms with Crippen molar-refractivity contribution in [3.8, 4) is 0 Å². The minimum Gasteiger partial charge on any atom is -0.487 e. The molecule has 0 fully saturated rings. The maximum Gasteiger partial charge on any atom is 0.268 e. The first-order valence-corrected chi connectivity index (χ1v) is 8.40. The Balaban J connectivity index is 2.23. The third-order valence-corrected chi connectivity index (χ3v) is 3.96. The van der Waals surface area contributed by atoms with Gasteiger partial charge in [-0.05, 0) is 37.3 Å². The summed E-state index contributed by atoms with van der Waals surface area (Å²) in [6, 6.07) is 5.51. The van der Waals surface area contributed by atoms with E-state index in [4.69, 9.17) is 10.1 Å². The van der Waals surface area contributed by atoms with E-state index in [2.05, 4.69) is 15.6 Å². The van der Waals surface area contributed by atoms with Crippen LogP contribution in [0.1, 0.15) is 12.6 Å². The van der Waals surface area contributed by atoms with E-state index in [-0.39, 0.29) is 18.0 Å². The van der Waals surface area contributed by atoms with Crippen molar-refractivity contribution in [2.45, 2.75) is 19.1 Å². The van der Waals surface area contributed by atoms with Crippen molar-refractivity contribution in [1.82, 2.24) is 15.6 Å². The van der Waals surface area contributed by atoms with E-state index in [1.165, 1.54) is 13.0 Å². The largest absolute Gasteiger partial charge is 0.487 e. The van der Waals surface area contributed by atoms with E-state index in [1.54, 1.807) is 25.4 Å². The molecule has 1 aromatic heterocycles. The maximum absolute atomic E-state index is 12.6. The number of ether oxygens (including phenoxy) is 1. The first kappa shape index (κ1) is 20.3. The zero-order valence-corrected chi connectivity index (χ0v) is 15.3. The zero-order chi connectivity index (χ0) is 19.9. The van der Waals surface area contributed by atoms with Gasteiger partial charge in [0.05, 0.1) is 30.2 Å². The Morgan fingerprint density at radius 2 is 2.04 bits per heavy atom. The summed E-state index contributed by atoms with van der Waals surface area (Å²) in [6.07, 6.45) is 6.44. The molecule has 27 heavy (non-hydrogen) atoms. The average molecular weight is 372 g/mol. The lowest BCUT2D eigenvalue weighted by Crippen LogP contribution is -2.53. The normalized spacial score (nSPS) is 15.9. The van der Waals surface area contributed by atoms with E-state index in [1.807, 2.05) is 18.2 Å². The number of pyridine rings is 1. The Hall–Kier alpha value is -2.97. The first-order chi connectivity index (χ1) is 12.9. The Kier molecular flexibility index (Phi) is 6.86. The molecule has 0 atom stereocenters. The summed E-state index contributed by atoms with van der Waals surface area (Å²) in [5.41, 5.74) is 0.192. The maximum atomic E-state index is 12.6. The number of aliphatic hydroxyl groups is 2. The molecule has 0 saturated heterocycles. The number of amides is 1. The Morgan fingerprint density at radius 3 is 2.63 bits per heavy atom. The molecule has 0 radical (unpaired) electrons. The lowest BCUT2D eigenvalue weighted by Gasteiger charge is -2.27. The molecule has 0 saturated carbocycles. The molecule has 5 N–H and O–H groups in total. The molecule has 8 nitrogen and oxygen atoms in total. The van der Waals surface area contributed by atoms with Crippen molar-refractivity contribution in [2.75, 3.05) is 20.3 Å². The molecule has 0 aliphatic heterocycles. The van der Waals surface area contributed by atoms with Crippen molar-refractivity contribution in [2.24, 2.45) is 0 Å². The number of nitrogens with one attached hydrogen (secondary N) is 3. The molecule has 1 aliphatic carbocycles. The summed E-state index contributed by atoms with van der Waals surface area (Å²) in [6.45, 7) is 0.929. The van der Waals surface area contributed by atoms with Gasteiger partial charge in [0.1, 0.15) is 18.1 Å². The highest BCUT2D eigenvalue weighted by Crippen LogP contribution is 2.19. The van der Waals surface area contributed by atoms with Crippen LogP contribution < -0.4 is 10.6 Å². The lowest BCUT2D eigenvalue weighted by molar-refractivity contribution is -0.120. The highest BCUT2D eigenvalue weighted by molar-refractivity contribution is 6.14. The Bertz CT molecular complexity index is 780. The Labute approximate surface area is 157 Å². The van der Waals surface area contributed by atoms with E-state index in [9.17, 15) is 15.0 Å². The van der Waals surface area contributed by atoms with Crippen LogP contribution in [-0.4, -0.2) is 52.6 Å². The number of aromatic nitrogens is 1. The highest BCUT2D eigenvalue weighted by Gasteiger charge is 2.27. The first-order valence-electron chi connectivity index (χ1n) is 8.40. The molecule has 1 aromatic rings. The summed E-state index contributed by atoms with van der Waals surface area (Å²) in [5.74, 6) is -0.0576. The smallest absolute Gasteiger partial charge is 0.268 e. The molecule has 0 bridgehead atoms. The van der Waals surface area contributed by atoms with Gasteiger partial charge in [-0.25, -0.2) is 0 Å². The van der Waals surface area contributed by atoms with E-state index in [0.717, 1.165) is 5.69 Å². The summed E-state index contributed by atoms with van der Waals surface area (Å²) in [7, 11) is 1.56. The fourth-order valence-electron chi connectivity index (χ4n) is 2.30. The van der Waals surface area contributed by atoms with Gasteiger partial charge >= 0.3 is 0 Å². The molecule has 0 spiro atoms. The molecule has 0 unspecified atom stereocenters. The number of hydrogen-bond donors (Lipinski definition) is 5. The predicted octanol–water partition coefficient (Wildman–Crippen LogP) is 0.405. The minimum atomic E-state index is -1.17. The van der Waals surface area contributed by atoms with Crippen LogP contribution in [0.5, 0.6) is 0 Å². The summed E-state index contributed by atoms with van der Waals surface area (Å²) < 4.78 is 5.71. The third kappa shape index (κ3) is 5.25. The topological polar surface area (TPSA) is 128 Å². The van der Waals surface area contributed by atoms with Crippen molar-refractivity contribution in [3.63, 3.8) is 0 Å². The predicted molar refractivity (Wildman–Crippen MR) is 101 cm³/mol. The van der Waals surface area contributed by atoms with Gasteiger partial charge in [0.2, 0.25) is 0 Å². The van der Waals surface area contributed by atoms with Crippen LogP contribution >= 0.6 is 0 Å². The number of carbonyl (C=O) groups excluding carboxylic acids is 1. The standard InChI is InChI=1S/C19H24N4O4/c1-19(11-24,12-25)23-18(26)17(21-2)15-9-14(6-7-16(15)20)27-10-13-5-3-4-8-22-13/h3-9,20-21,24-25H,10-12H2,1-2H3,(H,23,26)/b17-15-,20-16?. The molecule has 1 aliphatic rings. The zero-order valence-electron chi connectivity index (χ0n) is 15.3. The van der Waals surface area contributed by atoms with Crippen LogP contribution in [0.15, 0.2) is 59.7 Å². The molecular formula is C19H24N4O4. The molecule has 144 valence electrons. The monoisotopic (exact) mass is 372 g/mol. The second-order valence-electron chi connectivity index (χ2n) is 6.27. The van der Waals surface area contributed by atoms with Gasteiger partial charge in [-0.1, -0.05) is 6.07 Å². The van der Waals surface area contributed by atoms with Gasteiger partial charge in [-0.2, -0.15) is 0 Å². The molecule has 0 aromatic carbocycles. The number of carbonyl (C=O) groups is 1. The minimum absolute atomic E-state index is 0.134. The van der Waals surface area contributed by atoms with Crippen molar-refractivity contribution < 1.29 is 19.7 Å². The number of rotatable bonds is 8.